The molecule has 4 atom stereocenters. The van der Waals surface area contributed by atoms with Gasteiger partial charge in [-0.05, 0) is 62.7 Å². The summed E-state index contributed by atoms with van der Waals surface area (Å²) in [5.41, 5.74) is -0.0907. The molecule has 2 aliphatic rings. The molecule has 0 aliphatic heterocycles. The highest BCUT2D eigenvalue weighted by molar-refractivity contribution is 5.08. The Morgan fingerprint density at radius 1 is 1.31 bits per heavy atom. The van der Waals surface area contributed by atoms with E-state index in [2.05, 4.69) is 26.0 Å². The van der Waals surface area contributed by atoms with Gasteiger partial charge >= 0.3 is 0 Å². The van der Waals surface area contributed by atoms with E-state index in [1.54, 1.807) is 0 Å². The van der Waals surface area contributed by atoms with Crippen LogP contribution in [-0.4, -0.2) is 10.7 Å². The zero-order chi connectivity index (χ0) is 12.0. The Balaban J connectivity index is 2.20. The standard InChI is InChI=1S/C15H26O/c1-11-6-5-7-12-8-9-13(14(2,3)16)10-15(11,12)4/h5,7,11-13,16H,6,8-10H2,1-4H3/t11-,12?,13+,15+/m0/s1. The average molecular weight is 222 g/mol. The van der Waals surface area contributed by atoms with E-state index in [4.69, 9.17) is 0 Å². The Morgan fingerprint density at radius 3 is 2.62 bits per heavy atom. The lowest BCUT2D eigenvalue weighted by molar-refractivity contribution is -0.0567. The molecule has 1 unspecified atom stereocenters. The molecule has 0 spiro atoms. The van der Waals surface area contributed by atoms with Gasteiger partial charge in [0.1, 0.15) is 0 Å². The van der Waals surface area contributed by atoms with E-state index >= 15 is 0 Å². The number of rotatable bonds is 1. The molecule has 16 heavy (non-hydrogen) atoms. The van der Waals surface area contributed by atoms with Gasteiger partial charge in [0.2, 0.25) is 0 Å². The third-order valence-corrected chi connectivity index (χ3v) is 5.34. The average Bonchev–Trinajstić information content (AvgIpc) is 2.17. The first-order valence-corrected chi connectivity index (χ1v) is 6.73. The molecule has 1 N–H and O–H groups in total. The monoisotopic (exact) mass is 222 g/mol. The molecule has 0 aromatic rings. The third kappa shape index (κ3) is 1.95. The summed E-state index contributed by atoms with van der Waals surface area (Å²) in [7, 11) is 0. The molecule has 0 amide bonds. The molecule has 1 fully saturated rings. The topological polar surface area (TPSA) is 20.2 Å². The Hall–Kier alpha value is -0.300. The maximum Gasteiger partial charge on any atom is 0.0620 e. The van der Waals surface area contributed by atoms with Crippen molar-refractivity contribution >= 4 is 0 Å². The summed E-state index contributed by atoms with van der Waals surface area (Å²) in [6.07, 6.45) is 9.63. The van der Waals surface area contributed by atoms with Crippen LogP contribution < -0.4 is 0 Å². The molecule has 1 saturated carbocycles. The lowest BCUT2D eigenvalue weighted by Gasteiger charge is -2.51. The zero-order valence-corrected chi connectivity index (χ0v) is 11.2. The largest absolute Gasteiger partial charge is 0.390 e. The lowest BCUT2D eigenvalue weighted by atomic mass is 9.54. The summed E-state index contributed by atoms with van der Waals surface area (Å²) < 4.78 is 0. The normalized spacial score (nSPS) is 44.2. The van der Waals surface area contributed by atoms with Crippen molar-refractivity contribution in [3.8, 4) is 0 Å². The van der Waals surface area contributed by atoms with Gasteiger partial charge in [-0.25, -0.2) is 0 Å². The number of allylic oxidation sites excluding steroid dienone is 2. The molecule has 0 aromatic heterocycles. The Bertz CT molecular complexity index is 286. The van der Waals surface area contributed by atoms with Gasteiger partial charge in [-0.3, -0.25) is 0 Å². The van der Waals surface area contributed by atoms with Crippen LogP contribution in [0.3, 0.4) is 0 Å². The highest BCUT2D eigenvalue weighted by Gasteiger charge is 2.46. The first-order valence-electron chi connectivity index (χ1n) is 6.73. The van der Waals surface area contributed by atoms with Crippen LogP contribution in [-0.2, 0) is 0 Å². The van der Waals surface area contributed by atoms with Crippen molar-refractivity contribution in [2.24, 2.45) is 23.2 Å². The van der Waals surface area contributed by atoms with Crippen LogP contribution in [0.2, 0.25) is 0 Å². The number of hydrogen-bond donors (Lipinski definition) is 1. The van der Waals surface area contributed by atoms with Gasteiger partial charge in [0.15, 0.2) is 0 Å². The molecular weight excluding hydrogens is 196 g/mol. The van der Waals surface area contributed by atoms with E-state index in [-0.39, 0.29) is 0 Å². The summed E-state index contributed by atoms with van der Waals surface area (Å²) in [6, 6.07) is 0. The van der Waals surface area contributed by atoms with Gasteiger partial charge in [-0.2, -0.15) is 0 Å². The van der Waals surface area contributed by atoms with E-state index in [0.717, 1.165) is 11.8 Å². The second-order valence-electron chi connectivity index (χ2n) is 6.81. The molecule has 2 rings (SSSR count). The van der Waals surface area contributed by atoms with E-state index in [9.17, 15) is 5.11 Å². The Kier molecular flexibility index (Phi) is 2.94. The number of hydrogen-bond acceptors (Lipinski definition) is 1. The molecule has 1 heteroatoms. The quantitative estimate of drug-likeness (QED) is 0.669. The molecule has 0 radical (unpaired) electrons. The van der Waals surface area contributed by atoms with Crippen molar-refractivity contribution in [3.63, 3.8) is 0 Å². The predicted octanol–water partition coefficient (Wildman–Crippen LogP) is 3.78. The maximum absolute atomic E-state index is 10.2. The van der Waals surface area contributed by atoms with E-state index < -0.39 is 5.60 Å². The fourth-order valence-corrected chi connectivity index (χ4v) is 3.70. The Morgan fingerprint density at radius 2 is 2.00 bits per heavy atom. The SMILES string of the molecule is C[C@H]1CC=CC2CC[C@@H](C(C)(C)O)C[C@@]21C. The maximum atomic E-state index is 10.2. The van der Waals surface area contributed by atoms with Gasteiger partial charge in [0.05, 0.1) is 5.60 Å². The summed E-state index contributed by atoms with van der Waals surface area (Å²) in [5, 5.41) is 10.2. The van der Waals surface area contributed by atoms with Gasteiger partial charge in [-0.15, -0.1) is 0 Å². The number of fused-ring (bicyclic) bond motifs is 1. The summed E-state index contributed by atoms with van der Waals surface area (Å²) in [4.78, 5) is 0. The van der Waals surface area contributed by atoms with Crippen LogP contribution in [0.15, 0.2) is 12.2 Å². The molecule has 0 saturated heterocycles. The molecule has 0 aromatic carbocycles. The first kappa shape index (κ1) is 12.2. The zero-order valence-electron chi connectivity index (χ0n) is 11.2. The van der Waals surface area contributed by atoms with Crippen LogP contribution in [0, 0.1) is 23.2 Å². The molecule has 1 nitrogen and oxygen atoms in total. The van der Waals surface area contributed by atoms with Gasteiger partial charge in [0.25, 0.3) is 0 Å². The van der Waals surface area contributed by atoms with Crippen LogP contribution in [0.4, 0.5) is 0 Å². The fraction of sp³-hybridized carbons (Fsp3) is 0.867. The van der Waals surface area contributed by atoms with Crippen LogP contribution >= 0.6 is 0 Å². The highest BCUT2D eigenvalue weighted by Crippen LogP contribution is 2.54. The minimum Gasteiger partial charge on any atom is -0.390 e. The minimum atomic E-state index is -0.505. The van der Waals surface area contributed by atoms with Crippen LogP contribution in [0.5, 0.6) is 0 Å². The molecule has 2 aliphatic carbocycles. The molecule has 92 valence electrons. The molecule has 0 heterocycles. The van der Waals surface area contributed by atoms with Gasteiger partial charge < -0.3 is 5.11 Å². The third-order valence-electron chi connectivity index (χ3n) is 5.34. The second kappa shape index (κ2) is 3.87. The predicted molar refractivity (Wildman–Crippen MR) is 68.2 cm³/mol. The first-order chi connectivity index (χ1) is 7.34. The Labute approximate surface area is 99.9 Å². The molecule has 0 bridgehead atoms. The summed E-state index contributed by atoms with van der Waals surface area (Å²) in [6.45, 7) is 8.77. The van der Waals surface area contributed by atoms with Crippen molar-refractivity contribution in [2.75, 3.05) is 0 Å². The lowest BCUT2D eigenvalue weighted by Crippen LogP contribution is -2.46. The van der Waals surface area contributed by atoms with Gasteiger partial charge in [0, 0.05) is 0 Å². The number of aliphatic hydroxyl groups is 1. The van der Waals surface area contributed by atoms with Crippen molar-refractivity contribution in [2.45, 2.75) is 59.0 Å². The minimum absolute atomic E-state index is 0.414. The van der Waals surface area contributed by atoms with E-state index in [1.807, 2.05) is 13.8 Å². The highest BCUT2D eigenvalue weighted by atomic mass is 16.3. The van der Waals surface area contributed by atoms with Crippen LogP contribution in [0.1, 0.15) is 53.4 Å². The fourth-order valence-electron chi connectivity index (χ4n) is 3.70. The second-order valence-corrected chi connectivity index (χ2v) is 6.81. The van der Waals surface area contributed by atoms with Crippen LogP contribution in [0.25, 0.3) is 0 Å². The van der Waals surface area contributed by atoms with Crippen molar-refractivity contribution in [1.29, 1.82) is 0 Å². The van der Waals surface area contributed by atoms with E-state index in [0.29, 0.717) is 11.3 Å². The van der Waals surface area contributed by atoms with E-state index in [1.165, 1.54) is 25.7 Å². The van der Waals surface area contributed by atoms with Crippen molar-refractivity contribution < 1.29 is 5.11 Å². The smallest absolute Gasteiger partial charge is 0.0620 e. The van der Waals surface area contributed by atoms with Crippen molar-refractivity contribution in [3.05, 3.63) is 12.2 Å². The van der Waals surface area contributed by atoms with Crippen molar-refractivity contribution in [1.82, 2.24) is 0 Å². The van der Waals surface area contributed by atoms with Gasteiger partial charge in [-0.1, -0.05) is 26.0 Å². The molecular formula is C15H26O. The summed E-state index contributed by atoms with van der Waals surface area (Å²) in [5.74, 6) is 1.98. The summed E-state index contributed by atoms with van der Waals surface area (Å²) >= 11 is 0.